The van der Waals surface area contributed by atoms with Gasteiger partial charge < -0.3 is 9.47 Å². The molecule has 1 aromatic carbocycles. The highest BCUT2D eigenvalue weighted by molar-refractivity contribution is 6.90. The van der Waals surface area contributed by atoms with Gasteiger partial charge in [0.2, 0.25) is 0 Å². The fourth-order valence-electron chi connectivity index (χ4n) is 3.83. The molecule has 0 aliphatic rings. The molecule has 0 aromatic heterocycles. The third-order valence-electron chi connectivity index (χ3n) is 5.04. The van der Waals surface area contributed by atoms with Crippen LogP contribution < -0.4 is 9.47 Å². The van der Waals surface area contributed by atoms with E-state index in [0.29, 0.717) is 40.3 Å². The van der Waals surface area contributed by atoms with Gasteiger partial charge in [0.1, 0.15) is 19.6 Å². The molecule has 25 heavy (non-hydrogen) atoms. The van der Waals surface area contributed by atoms with E-state index in [1.54, 1.807) is 13.2 Å². The number of hydrogen-bond acceptors (Lipinski definition) is 3. The normalized spacial score (nSPS) is 11.5. The van der Waals surface area contributed by atoms with E-state index in [1.165, 1.54) is 0 Å². The van der Waals surface area contributed by atoms with Crippen molar-refractivity contribution in [1.29, 1.82) is 0 Å². The van der Waals surface area contributed by atoms with E-state index in [9.17, 15) is 4.79 Å². The number of carbonyl (C=O) groups is 1. The molecule has 0 saturated carbocycles. The largest absolute Gasteiger partial charge is 0.496 e. The van der Waals surface area contributed by atoms with Gasteiger partial charge in [-0.1, -0.05) is 47.5 Å². The van der Waals surface area contributed by atoms with Crippen LogP contribution in [0.5, 0.6) is 11.5 Å². The summed E-state index contributed by atoms with van der Waals surface area (Å²) in [7, 11) is -0.268. The number of hydrogen-bond donors (Lipinski definition) is 0. The van der Waals surface area contributed by atoms with E-state index in [0.717, 1.165) is 11.8 Å². The molecule has 3 nitrogen and oxygen atoms in total. The molecular formula is C21H32O3Si. The summed E-state index contributed by atoms with van der Waals surface area (Å²) in [6, 6.07) is 3.55. The van der Waals surface area contributed by atoms with Gasteiger partial charge in [-0.05, 0) is 29.6 Å². The van der Waals surface area contributed by atoms with Crippen molar-refractivity contribution in [3.8, 4) is 23.0 Å². The number of benzene rings is 1. The van der Waals surface area contributed by atoms with Crippen LogP contribution in [0.3, 0.4) is 0 Å². The fourth-order valence-corrected chi connectivity index (χ4v) is 9.04. The predicted octanol–water partition coefficient (Wildman–Crippen LogP) is 5.48. The molecule has 0 unspecified atom stereocenters. The predicted molar refractivity (Wildman–Crippen MR) is 107 cm³/mol. The summed E-state index contributed by atoms with van der Waals surface area (Å²) in [5.74, 6) is 4.59. The Balaban J connectivity index is 3.56. The molecule has 0 aliphatic carbocycles. The molecule has 0 spiro atoms. The van der Waals surface area contributed by atoms with E-state index in [4.69, 9.17) is 9.47 Å². The first-order valence-electron chi connectivity index (χ1n) is 9.07. The average molecular weight is 361 g/mol. The lowest BCUT2D eigenvalue weighted by molar-refractivity contribution is 0.112. The Hall–Kier alpha value is -1.73. The van der Waals surface area contributed by atoms with Gasteiger partial charge in [-0.2, -0.15) is 0 Å². The first kappa shape index (κ1) is 21.3. The first-order valence-corrected chi connectivity index (χ1v) is 11.3. The molecule has 1 rings (SSSR count). The molecule has 0 saturated heterocycles. The number of ether oxygens (including phenoxy) is 2. The SMILES string of the molecule is CCOc1cc(C=O)c(OC)cc1C#C[Si](C(C)C)(C(C)C)C(C)C. The van der Waals surface area contributed by atoms with Crippen molar-refractivity contribution in [2.24, 2.45) is 0 Å². The van der Waals surface area contributed by atoms with Crippen LogP contribution in [-0.2, 0) is 0 Å². The van der Waals surface area contributed by atoms with E-state index in [1.807, 2.05) is 13.0 Å². The van der Waals surface area contributed by atoms with E-state index < -0.39 is 8.07 Å². The molecule has 1 aromatic rings. The van der Waals surface area contributed by atoms with Crippen LogP contribution in [0.2, 0.25) is 16.6 Å². The second-order valence-electron chi connectivity index (χ2n) is 7.29. The highest BCUT2D eigenvalue weighted by atomic mass is 28.3. The van der Waals surface area contributed by atoms with Crippen LogP contribution >= 0.6 is 0 Å². The summed E-state index contributed by atoms with van der Waals surface area (Å²) in [5, 5.41) is 0. The molecule has 0 heterocycles. The van der Waals surface area contributed by atoms with Gasteiger partial charge in [-0.25, -0.2) is 0 Å². The summed E-state index contributed by atoms with van der Waals surface area (Å²) in [6.45, 7) is 16.2. The fraction of sp³-hybridized carbons (Fsp3) is 0.571. The molecule has 0 bridgehead atoms. The second kappa shape index (κ2) is 9.10. The van der Waals surface area contributed by atoms with Gasteiger partial charge in [-0.3, -0.25) is 4.79 Å². The van der Waals surface area contributed by atoms with Gasteiger partial charge in [0.25, 0.3) is 0 Å². The molecule has 0 radical (unpaired) electrons. The molecule has 0 N–H and O–H groups in total. The summed E-state index contributed by atoms with van der Waals surface area (Å²) in [5.41, 5.74) is 6.66. The van der Waals surface area contributed by atoms with E-state index >= 15 is 0 Å². The first-order chi connectivity index (χ1) is 11.7. The maximum atomic E-state index is 11.3. The lowest BCUT2D eigenvalue weighted by Gasteiger charge is -2.38. The number of rotatable bonds is 7. The number of aldehydes is 1. The van der Waals surface area contributed by atoms with Crippen molar-refractivity contribution in [3.63, 3.8) is 0 Å². The van der Waals surface area contributed by atoms with Crippen molar-refractivity contribution < 1.29 is 14.3 Å². The van der Waals surface area contributed by atoms with Crippen LogP contribution in [0.4, 0.5) is 0 Å². The zero-order valence-corrected chi connectivity index (χ0v) is 17.9. The van der Waals surface area contributed by atoms with Crippen LogP contribution in [0.15, 0.2) is 12.1 Å². The van der Waals surface area contributed by atoms with Gasteiger partial charge in [0.15, 0.2) is 6.29 Å². The monoisotopic (exact) mass is 360 g/mol. The van der Waals surface area contributed by atoms with Crippen molar-refractivity contribution >= 4 is 14.4 Å². The third kappa shape index (κ3) is 4.46. The lowest BCUT2D eigenvalue weighted by Crippen LogP contribution is -2.43. The third-order valence-corrected chi connectivity index (χ3v) is 11.3. The Bertz CT molecular complexity index is 629. The maximum Gasteiger partial charge on any atom is 0.153 e. The Kier molecular flexibility index (Phi) is 7.76. The molecule has 0 atom stereocenters. The molecule has 4 heteroatoms. The summed E-state index contributed by atoms with van der Waals surface area (Å²) in [4.78, 5) is 11.3. The van der Waals surface area contributed by atoms with E-state index in [2.05, 4.69) is 53.0 Å². The topological polar surface area (TPSA) is 35.5 Å². The summed E-state index contributed by atoms with van der Waals surface area (Å²) in [6.07, 6.45) is 0.786. The minimum atomic E-state index is -1.83. The Morgan fingerprint density at radius 3 is 2.00 bits per heavy atom. The number of methoxy groups -OCH3 is 1. The molecular weight excluding hydrogens is 328 g/mol. The molecule has 0 amide bonds. The minimum Gasteiger partial charge on any atom is -0.496 e. The van der Waals surface area contributed by atoms with Crippen LogP contribution in [-0.4, -0.2) is 28.1 Å². The Morgan fingerprint density at radius 2 is 1.60 bits per heavy atom. The van der Waals surface area contributed by atoms with Crippen LogP contribution in [0, 0.1) is 11.5 Å². The summed E-state index contributed by atoms with van der Waals surface area (Å²) < 4.78 is 11.1. The minimum absolute atomic E-state index is 0.483. The smallest absolute Gasteiger partial charge is 0.153 e. The molecule has 0 aliphatic heterocycles. The second-order valence-corrected chi connectivity index (χ2v) is 12.9. The van der Waals surface area contributed by atoms with Crippen molar-refractivity contribution in [2.45, 2.75) is 65.1 Å². The average Bonchev–Trinajstić information content (AvgIpc) is 2.55. The Labute approximate surface area is 154 Å². The maximum absolute atomic E-state index is 11.3. The molecule has 0 fully saturated rings. The standard InChI is InChI=1S/C21H32O3Si/c1-9-24-21-13-19(14-22)20(23-8)12-18(21)10-11-25(15(2)3,16(4)5)17(6)7/h12-17H,9H2,1-8H3. The van der Waals surface area contributed by atoms with Gasteiger partial charge >= 0.3 is 0 Å². The zero-order chi connectivity index (χ0) is 19.2. The van der Waals surface area contributed by atoms with Crippen LogP contribution in [0.25, 0.3) is 0 Å². The summed E-state index contributed by atoms with van der Waals surface area (Å²) >= 11 is 0. The van der Waals surface area contributed by atoms with Crippen molar-refractivity contribution in [1.82, 2.24) is 0 Å². The van der Waals surface area contributed by atoms with Gasteiger partial charge in [0, 0.05) is 6.07 Å². The van der Waals surface area contributed by atoms with Crippen LogP contribution in [0.1, 0.15) is 64.4 Å². The van der Waals surface area contributed by atoms with Gasteiger partial charge in [-0.15, -0.1) is 5.54 Å². The zero-order valence-electron chi connectivity index (χ0n) is 16.9. The quantitative estimate of drug-likeness (QED) is 0.367. The highest BCUT2D eigenvalue weighted by Crippen LogP contribution is 2.41. The van der Waals surface area contributed by atoms with Crippen molar-refractivity contribution in [2.75, 3.05) is 13.7 Å². The Morgan fingerprint density at radius 1 is 1.04 bits per heavy atom. The van der Waals surface area contributed by atoms with Gasteiger partial charge in [0.05, 0.1) is 24.8 Å². The highest BCUT2D eigenvalue weighted by Gasteiger charge is 2.41. The number of carbonyl (C=O) groups excluding carboxylic acids is 1. The van der Waals surface area contributed by atoms with Crippen molar-refractivity contribution in [3.05, 3.63) is 23.3 Å². The molecule has 138 valence electrons. The van der Waals surface area contributed by atoms with E-state index in [-0.39, 0.29) is 0 Å². The lowest BCUT2D eigenvalue weighted by atomic mass is 10.1.